The molecule has 27 heavy (non-hydrogen) atoms. The molecule has 8 heteroatoms. The van der Waals surface area contributed by atoms with Crippen LogP contribution in [0.3, 0.4) is 0 Å². The van der Waals surface area contributed by atoms with E-state index in [1.807, 2.05) is 0 Å². The van der Waals surface area contributed by atoms with Crippen LogP contribution in [0.25, 0.3) is 0 Å². The number of anilines is 1. The van der Waals surface area contributed by atoms with Crippen LogP contribution < -0.4 is 10.0 Å². The maximum Gasteiger partial charge on any atom is 0.255 e. The number of hydrogen-bond donors (Lipinski definition) is 2. The van der Waals surface area contributed by atoms with Crippen molar-refractivity contribution in [1.29, 1.82) is 0 Å². The lowest BCUT2D eigenvalue weighted by molar-refractivity contribution is 0.102. The van der Waals surface area contributed by atoms with Gasteiger partial charge in [0.2, 0.25) is 10.0 Å². The van der Waals surface area contributed by atoms with Crippen LogP contribution in [0, 0.1) is 5.82 Å². The lowest BCUT2D eigenvalue weighted by Crippen LogP contribution is -2.23. The number of carbonyl (C=O) groups excluding carboxylic acids is 1. The number of aromatic nitrogens is 1. The number of hydrogen-bond acceptors (Lipinski definition) is 4. The van der Waals surface area contributed by atoms with Crippen molar-refractivity contribution >= 4 is 21.6 Å². The quantitative estimate of drug-likeness (QED) is 0.683. The predicted molar refractivity (Wildman–Crippen MR) is 99.1 cm³/mol. The van der Waals surface area contributed by atoms with Gasteiger partial charge in [-0.25, -0.2) is 17.5 Å². The molecule has 3 aromatic rings. The summed E-state index contributed by atoms with van der Waals surface area (Å²) in [5.41, 5.74) is 0.847. The first-order valence-corrected chi connectivity index (χ1v) is 9.49. The number of pyridine rings is 1. The lowest BCUT2D eigenvalue weighted by Gasteiger charge is -2.08. The molecule has 0 fully saturated rings. The molecule has 0 unspecified atom stereocenters. The van der Waals surface area contributed by atoms with Crippen LogP contribution in [-0.4, -0.2) is 19.3 Å². The Hall–Kier alpha value is -3.10. The molecular weight excluding hydrogens is 369 g/mol. The van der Waals surface area contributed by atoms with Gasteiger partial charge in [-0.05, 0) is 48.5 Å². The van der Waals surface area contributed by atoms with Crippen LogP contribution in [0.2, 0.25) is 0 Å². The highest BCUT2D eigenvalue weighted by atomic mass is 32.2. The molecule has 0 aliphatic carbocycles. The second-order valence-corrected chi connectivity index (χ2v) is 7.37. The Kier molecular flexibility index (Phi) is 5.58. The van der Waals surface area contributed by atoms with Gasteiger partial charge in [0.25, 0.3) is 5.91 Å². The summed E-state index contributed by atoms with van der Waals surface area (Å²) < 4.78 is 40.7. The molecule has 0 saturated heterocycles. The van der Waals surface area contributed by atoms with Crippen LogP contribution in [-0.2, 0) is 16.6 Å². The van der Waals surface area contributed by atoms with Gasteiger partial charge in [-0.1, -0.05) is 18.2 Å². The second-order valence-electron chi connectivity index (χ2n) is 5.60. The van der Waals surface area contributed by atoms with Gasteiger partial charge in [-0.3, -0.25) is 9.78 Å². The number of carbonyl (C=O) groups is 1. The second kappa shape index (κ2) is 8.07. The van der Waals surface area contributed by atoms with Crippen molar-refractivity contribution in [2.75, 3.05) is 5.32 Å². The molecule has 1 heterocycles. The van der Waals surface area contributed by atoms with Crippen molar-refractivity contribution in [2.45, 2.75) is 11.4 Å². The maximum absolute atomic E-state index is 13.6. The van der Waals surface area contributed by atoms with Gasteiger partial charge in [0, 0.05) is 11.8 Å². The van der Waals surface area contributed by atoms with Crippen molar-refractivity contribution < 1.29 is 17.6 Å². The topological polar surface area (TPSA) is 88.2 Å². The number of rotatable bonds is 6. The number of benzene rings is 2. The van der Waals surface area contributed by atoms with Crippen LogP contribution in [0.15, 0.2) is 77.8 Å². The van der Waals surface area contributed by atoms with E-state index in [-0.39, 0.29) is 22.7 Å². The van der Waals surface area contributed by atoms with E-state index in [4.69, 9.17) is 0 Å². The standard InChI is InChI=1S/C19H16FN3O3S/c20-17-6-1-2-7-18(17)23-19(24)14-8-10-16(11-9-14)27(25,26)22-13-15-5-3-4-12-21-15/h1-12,22H,13H2,(H,23,24). The van der Waals surface area contributed by atoms with Gasteiger partial charge in [0.05, 0.1) is 22.8 Å². The Morgan fingerprint density at radius 1 is 0.963 bits per heavy atom. The minimum absolute atomic E-state index is 0.0147. The van der Waals surface area contributed by atoms with E-state index in [0.29, 0.717) is 5.69 Å². The van der Waals surface area contributed by atoms with E-state index in [1.165, 1.54) is 42.5 Å². The number of nitrogens with zero attached hydrogens (tertiary/aromatic N) is 1. The maximum atomic E-state index is 13.6. The SMILES string of the molecule is O=C(Nc1ccccc1F)c1ccc(S(=O)(=O)NCc2ccccn2)cc1. The molecule has 0 spiro atoms. The summed E-state index contributed by atoms with van der Waals surface area (Å²) in [4.78, 5) is 16.3. The minimum Gasteiger partial charge on any atom is -0.319 e. The van der Waals surface area contributed by atoms with E-state index in [1.54, 1.807) is 30.5 Å². The van der Waals surface area contributed by atoms with E-state index >= 15 is 0 Å². The van der Waals surface area contributed by atoms with Crippen molar-refractivity contribution in [3.8, 4) is 0 Å². The van der Waals surface area contributed by atoms with Gasteiger partial charge in [-0.15, -0.1) is 0 Å². The van der Waals surface area contributed by atoms with E-state index in [9.17, 15) is 17.6 Å². The van der Waals surface area contributed by atoms with Gasteiger partial charge >= 0.3 is 0 Å². The summed E-state index contributed by atoms with van der Waals surface area (Å²) in [7, 11) is -3.75. The zero-order chi connectivity index (χ0) is 19.3. The molecule has 0 bridgehead atoms. The van der Waals surface area contributed by atoms with E-state index in [2.05, 4.69) is 15.0 Å². The van der Waals surface area contributed by atoms with Crippen molar-refractivity contribution in [3.63, 3.8) is 0 Å². The first-order valence-electron chi connectivity index (χ1n) is 8.01. The van der Waals surface area contributed by atoms with Gasteiger partial charge in [-0.2, -0.15) is 0 Å². The zero-order valence-electron chi connectivity index (χ0n) is 14.1. The predicted octanol–water partition coefficient (Wildman–Crippen LogP) is 2.95. The van der Waals surface area contributed by atoms with Crippen molar-refractivity contribution in [1.82, 2.24) is 9.71 Å². The molecular formula is C19H16FN3O3S. The number of para-hydroxylation sites is 1. The summed E-state index contributed by atoms with van der Waals surface area (Å²) in [6.45, 7) is 0.0543. The summed E-state index contributed by atoms with van der Waals surface area (Å²) in [6.07, 6.45) is 1.58. The molecule has 0 aliphatic rings. The lowest BCUT2D eigenvalue weighted by atomic mass is 10.2. The molecule has 0 radical (unpaired) electrons. The molecule has 2 N–H and O–H groups in total. The van der Waals surface area contributed by atoms with Gasteiger partial charge in [0.15, 0.2) is 0 Å². The fraction of sp³-hybridized carbons (Fsp3) is 0.0526. The molecule has 2 aromatic carbocycles. The third kappa shape index (κ3) is 4.75. The van der Waals surface area contributed by atoms with Crippen LogP contribution in [0.5, 0.6) is 0 Å². The highest BCUT2D eigenvalue weighted by Crippen LogP contribution is 2.16. The summed E-state index contributed by atoms with van der Waals surface area (Å²) in [5.74, 6) is -1.09. The van der Waals surface area contributed by atoms with Gasteiger partial charge in [0.1, 0.15) is 5.82 Å². The number of amides is 1. The minimum atomic E-state index is -3.75. The number of sulfonamides is 1. The third-order valence-electron chi connectivity index (χ3n) is 3.72. The van der Waals surface area contributed by atoms with E-state index < -0.39 is 21.7 Å². The Balaban J connectivity index is 1.68. The first-order chi connectivity index (χ1) is 13.0. The largest absolute Gasteiger partial charge is 0.319 e. The zero-order valence-corrected chi connectivity index (χ0v) is 14.9. The molecule has 0 aliphatic heterocycles. The van der Waals surface area contributed by atoms with Crippen LogP contribution >= 0.6 is 0 Å². The fourth-order valence-corrected chi connectivity index (χ4v) is 3.30. The van der Waals surface area contributed by atoms with Crippen LogP contribution in [0.1, 0.15) is 16.1 Å². The summed E-state index contributed by atoms with van der Waals surface area (Å²) >= 11 is 0. The van der Waals surface area contributed by atoms with Crippen molar-refractivity contribution in [3.05, 3.63) is 90.0 Å². The molecule has 0 atom stereocenters. The molecule has 138 valence electrons. The molecule has 1 aromatic heterocycles. The summed E-state index contributed by atoms with van der Waals surface area (Å²) in [6, 6.07) is 16.4. The molecule has 6 nitrogen and oxygen atoms in total. The van der Waals surface area contributed by atoms with Crippen molar-refractivity contribution in [2.24, 2.45) is 0 Å². The number of nitrogens with one attached hydrogen (secondary N) is 2. The molecule has 1 amide bonds. The van der Waals surface area contributed by atoms with Crippen LogP contribution in [0.4, 0.5) is 10.1 Å². The number of halogens is 1. The highest BCUT2D eigenvalue weighted by Gasteiger charge is 2.15. The molecule has 0 saturated carbocycles. The smallest absolute Gasteiger partial charge is 0.255 e. The summed E-state index contributed by atoms with van der Waals surface area (Å²) in [5, 5.41) is 2.44. The normalized spacial score (nSPS) is 11.1. The first kappa shape index (κ1) is 18.7. The highest BCUT2D eigenvalue weighted by molar-refractivity contribution is 7.89. The third-order valence-corrected chi connectivity index (χ3v) is 5.14. The van der Waals surface area contributed by atoms with E-state index in [0.717, 1.165) is 0 Å². The Labute approximate surface area is 156 Å². The average molecular weight is 385 g/mol. The molecule has 3 rings (SSSR count). The average Bonchev–Trinajstić information content (AvgIpc) is 2.69. The fourth-order valence-electron chi connectivity index (χ4n) is 2.30. The Morgan fingerprint density at radius 3 is 2.33 bits per heavy atom. The Bertz CT molecular complexity index is 1040. The monoisotopic (exact) mass is 385 g/mol. The Morgan fingerprint density at radius 2 is 1.67 bits per heavy atom. The van der Waals surface area contributed by atoms with Gasteiger partial charge < -0.3 is 5.32 Å².